The fraction of sp³-hybridized carbons (Fsp3) is 0.269. The summed E-state index contributed by atoms with van der Waals surface area (Å²) in [6.45, 7) is 2.36. The summed E-state index contributed by atoms with van der Waals surface area (Å²) in [5, 5.41) is 8.43. The number of ether oxygens (including phenoxy) is 2. The molecule has 1 amide bonds. The second-order valence-electron chi connectivity index (χ2n) is 8.20. The maximum atomic E-state index is 12.9. The number of thiophene rings is 1. The first kappa shape index (κ1) is 21.6. The molecule has 2 N–H and O–H groups in total. The number of anilines is 1. The second kappa shape index (κ2) is 9.68. The molecule has 7 heteroatoms. The van der Waals surface area contributed by atoms with Crippen LogP contribution in [-0.4, -0.2) is 29.7 Å². The van der Waals surface area contributed by atoms with Crippen molar-refractivity contribution in [3.05, 3.63) is 77.3 Å². The van der Waals surface area contributed by atoms with Crippen molar-refractivity contribution < 1.29 is 14.3 Å². The fourth-order valence-corrected chi connectivity index (χ4v) is 4.95. The molecule has 0 radical (unpaired) electrons. The fourth-order valence-electron chi connectivity index (χ4n) is 4.10. The molecule has 1 saturated heterocycles. The molecule has 2 aromatic carbocycles. The van der Waals surface area contributed by atoms with E-state index < -0.39 is 0 Å². The van der Waals surface area contributed by atoms with E-state index in [0.29, 0.717) is 12.3 Å². The van der Waals surface area contributed by atoms with Crippen LogP contribution >= 0.6 is 11.3 Å². The predicted octanol–water partition coefficient (Wildman–Crippen LogP) is 5.20. The number of nitrogens with zero attached hydrogens (tertiary/aromatic N) is 1. The Morgan fingerprint density at radius 1 is 1.09 bits per heavy atom. The standard InChI is InChI=1S/C26H27N3O3S/c1-29-23-12-15-33-25(23)16-24(29)26(30)28-22-5-3-2-4-18(22)17-31-19-6-8-20(9-7-19)32-21-10-13-27-14-11-21/h2-9,12,15-16,21,27H,10-11,13-14,17H2,1H3,(H,28,30). The maximum Gasteiger partial charge on any atom is 0.272 e. The molecule has 5 rings (SSSR count). The molecular weight excluding hydrogens is 434 g/mol. The van der Waals surface area contributed by atoms with Gasteiger partial charge in [-0.15, -0.1) is 11.3 Å². The molecule has 0 spiro atoms. The molecule has 2 aromatic heterocycles. The Labute approximate surface area is 197 Å². The van der Waals surface area contributed by atoms with E-state index >= 15 is 0 Å². The number of rotatable bonds is 7. The Hall–Kier alpha value is -3.29. The number of benzene rings is 2. The zero-order valence-electron chi connectivity index (χ0n) is 18.5. The highest BCUT2D eigenvalue weighted by Crippen LogP contribution is 2.26. The summed E-state index contributed by atoms with van der Waals surface area (Å²) in [6, 6.07) is 19.4. The molecule has 1 fully saturated rings. The minimum absolute atomic E-state index is 0.132. The number of nitrogens with one attached hydrogen (secondary N) is 2. The highest BCUT2D eigenvalue weighted by atomic mass is 32.1. The molecule has 1 aliphatic rings. The van der Waals surface area contributed by atoms with Crippen molar-refractivity contribution in [2.75, 3.05) is 18.4 Å². The number of carbonyl (C=O) groups excluding carboxylic acids is 1. The number of para-hydroxylation sites is 1. The Kier molecular flexibility index (Phi) is 6.32. The van der Waals surface area contributed by atoms with Crippen LogP contribution in [0.3, 0.4) is 0 Å². The van der Waals surface area contributed by atoms with Gasteiger partial charge in [-0.25, -0.2) is 0 Å². The first-order valence-corrected chi connectivity index (χ1v) is 12.1. The van der Waals surface area contributed by atoms with E-state index in [1.165, 1.54) is 0 Å². The zero-order valence-corrected chi connectivity index (χ0v) is 19.4. The second-order valence-corrected chi connectivity index (χ2v) is 9.14. The predicted molar refractivity (Wildman–Crippen MR) is 132 cm³/mol. The lowest BCUT2D eigenvalue weighted by molar-refractivity contribution is 0.101. The summed E-state index contributed by atoms with van der Waals surface area (Å²) in [6.07, 6.45) is 2.33. The highest BCUT2D eigenvalue weighted by Gasteiger charge is 2.16. The first-order valence-electron chi connectivity index (χ1n) is 11.2. The van der Waals surface area contributed by atoms with Gasteiger partial charge >= 0.3 is 0 Å². The third-order valence-electron chi connectivity index (χ3n) is 5.97. The number of hydrogen-bond donors (Lipinski definition) is 2. The van der Waals surface area contributed by atoms with E-state index in [4.69, 9.17) is 9.47 Å². The van der Waals surface area contributed by atoms with Crippen LogP contribution in [0, 0.1) is 0 Å². The molecule has 4 aromatic rings. The lowest BCUT2D eigenvalue weighted by atomic mass is 10.1. The van der Waals surface area contributed by atoms with Crippen molar-refractivity contribution >= 4 is 33.1 Å². The van der Waals surface area contributed by atoms with Gasteiger partial charge in [0.25, 0.3) is 5.91 Å². The minimum Gasteiger partial charge on any atom is -0.490 e. The third kappa shape index (κ3) is 4.89. The average molecular weight is 462 g/mol. The number of carbonyl (C=O) groups is 1. The molecule has 170 valence electrons. The van der Waals surface area contributed by atoms with E-state index in [2.05, 4.69) is 10.6 Å². The Bertz CT molecular complexity index is 1240. The van der Waals surface area contributed by atoms with Gasteiger partial charge in [0.1, 0.15) is 29.9 Å². The molecule has 0 atom stereocenters. The van der Waals surface area contributed by atoms with Crippen LogP contribution in [-0.2, 0) is 13.7 Å². The molecule has 0 unspecified atom stereocenters. The van der Waals surface area contributed by atoms with Gasteiger partial charge in [-0.05, 0) is 73.8 Å². The molecule has 6 nitrogen and oxygen atoms in total. The summed E-state index contributed by atoms with van der Waals surface area (Å²) in [5.41, 5.74) is 3.36. The third-order valence-corrected chi connectivity index (χ3v) is 6.82. The van der Waals surface area contributed by atoms with Gasteiger partial charge in [-0.1, -0.05) is 18.2 Å². The Morgan fingerprint density at radius 2 is 1.85 bits per heavy atom. The normalized spacial score (nSPS) is 14.3. The molecule has 0 bridgehead atoms. The largest absolute Gasteiger partial charge is 0.490 e. The minimum atomic E-state index is -0.132. The van der Waals surface area contributed by atoms with Crippen LogP contribution in [0.15, 0.2) is 66.0 Å². The Balaban J connectivity index is 1.22. The van der Waals surface area contributed by atoms with Gasteiger partial charge in [-0.2, -0.15) is 0 Å². The van der Waals surface area contributed by atoms with E-state index in [1.54, 1.807) is 11.3 Å². The summed E-state index contributed by atoms with van der Waals surface area (Å²) in [4.78, 5) is 12.9. The van der Waals surface area contributed by atoms with E-state index in [9.17, 15) is 4.79 Å². The van der Waals surface area contributed by atoms with Crippen molar-refractivity contribution in [3.63, 3.8) is 0 Å². The SMILES string of the molecule is Cn1c(C(=O)Nc2ccccc2COc2ccc(OC3CCNCC3)cc2)cc2sccc21. The lowest BCUT2D eigenvalue weighted by Crippen LogP contribution is -2.34. The monoisotopic (exact) mass is 461 g/mol. The number of aryl methyl sites for hydroxylation is 1. The quantitative estimate of drug-likeness (QED) is 0.397. The number of aromatic nitrogens is 1. The average Bonchev–Trinajstić information content (AvgIpc) is 3.43. The first-order chi connectivity index (χ1) is 16.2. The summed E-state index contributed by atoms with van der Waals surface area (Å²) in [7, 11) is 1.91. The van der Waals surface area contributed by atoms with Crippen molar-refractivity contribution in [2.45, 2.75) is 25.6 Å². The molecular formula is C26H27N3O3S. The topological polar surface area (TPSA) is 64.5 Å². The van der Waals surface area contributed by atoms with Crippen LogP contribution in [0.4, 0.5) is 5.69 Å². The Morgan fingerprint density at radius 3 is 2.64 bits per heavy atom. The van der Waals surface area contributed by atoms with Crippen molar-refractivity contribution in [3.8, 4) is 11.5 Å². The van der Waals surface area contributed by atoms with Crippen molar-refractivity contribution in [1.82, 2.24) is 9.88 Å². The van der Waals surface area contributed by atoms with Gasteiger partial charge < -0.3 is 24.7 Å². The van der Waals surface area contributed by atoms with Gasteiger partial charge in [0.2, 0.25) is 0 Å². The zero-order chi connectivity index (χ0) is 22.6. The molecule has 0 aliphatic carbocycles. The van der Waals surface area contributed by atoms with Crippen LogP contribution in [0.2, 0.25) is 0 Å². The van der Waals surface area contributed by atoms with E-state index in [-0.39, 0.29) is 12.0 Å². The number of hydrogen-bond acceptors (Lipinski definition) is 5. The highest BCUT2D eigenvalue weighted by molar-refractivity contribution is 7.17. The van der Waals surface area contributed by atoms with Crippen LogP contribution in [0.5, 0.6) is 11.5 Å². The van der Waals surface area contributed by atoms with Crippen molar-refractivity contribution in [1.29, 1.82) is 0 Å². The smallest absolute Gasteiger partial charge is 0.272 e. The maximum absolute atomic E-state index is 12.9. The number of fused-ring (bicyclic) bond motifs is 1. The molecule has 0 saturated carbocycles. The van der Waals surface area contributed by atoms with Gasteiger partial charge in [0.15, 0.2) is 0 Å². The summed E-state index contributed by atoms with van der Waals surface area (Å²) in [5.74, 6) is 1.49. The van der Waals surface area contributed by atoms with Gasteiger partial charge in [0, 0.05) is 18.3 Å². The van der Waals surface area contributed by atoms with E-state index in [1.807, 2.05) is 77.7 Å². The summed E-state index contributed by atoms with van der Waals surface area (Å²) >= 11 is 1.63. The van der Waals surface area contributed by atoms with Crippen LogP contribution in [0.1, 0.15) is 28.9 Å². The number of piperidine rings is 1. The molecule has 3 heterocycles. The van der Waals surface area contributed by atoms with E-state index in [0.717, 1.165) is 58.9 Å². The van der Waals surface area contributed by atoms with Crippen LogP contribution in [0.25, 0.3) is 10.2 Å². The van der Waals surface area contributed by atoms with Crippen molar-refractivity contribution in [2.24, 2.45) is 7.05 Å². The van der Waals surface area contributed by atoms with Gasteiger partial charge in [-0.3, -0.25) is 4.79 Å². The lowest BCUT2D eigenvalue weighted by Gasteiger charge is -2.23. The number of amides is 1. The van der Waals surface area contributed by atoms with Gasteiger partial charge in [0.05, 0.1) is 10.2 Å². The van der Waals surface area contributed by atoms with Crippen LogP contribution < -0.4 is 20.1 Å². The summed E-state index contributed by atoms with van der Waals surface area (Å²) < 4.78 is 15.1. The molecule has 33 heavy (non-hydrogen) atoms. The molecule has 1 aliphatic heterocycles.